The van der Waals surface area contributed by atoms with Crippen molar-refractivity contribution in [3.8, 4) is 11.5 Å². The standard InChI is InChI=1S/C25H26N2O8/c1-32-15-6-5-14(18(12-15)24(30)34-3)11-20(28)26-9-10-27-22(26)21(25(31)35-4)17-8-7-16(33-2)13-19(17)23(27)29/h5-8,12-13,21-22H,9-11H2,1-4H3/t21-,22-/m0/s1. The first kappa shape index (κ1) is 24.1. The van der Waals surface area contributed by atoms with Gasteiger partial charge in [-0.1, -0.05) is 12.1 Å². The number of hydrogen-bond donors (Lipinski definition) is 0. The molecular formula is C25H26N2O8. The van der Waals surface area contributed by atoms with E-state index in [9.17, 15) is 19.2 Å². The van der Waals surface area contributed by atoms with Crippen LogP contribution in [0.2, 0.25) is 0 Å². The number of ether oxygens (including phenoxy) is 4. The Morgan fingerprint density at radius 2 is 1.60 bits per heavy atom. The van der Waals surface area contributed by atoms with E-state index in [1.165, 1.54) is 44.3 Å². The van der Waals surface area contributed by atoms with E-state index in [4.69, 9.17) is 18.9 Å². The van der Waals surface area contributed by atoms with Crippen LogP contribution in [0.5, 0.6) is 11.5 Å². The molecule has 0 bridgehead atoms. The minimum Gasteiger partial charge on any atom is -0.497 e. The number of nitrogens with zero attached hydrogens (tertiary/aromatic N) is 2. The van der Waals surface area contributed by atoms with Crippen LogP contribution in [-0.4, -0.2) is 81.2 Å². The topological polar surface area (TPSA) is 112 Å². The summed E-state index contributed by atoms with van der Waals surface area (Å²) in [5.41, 5.74) is 1.47. The lowest BCUT2D eigenvalue weighted by atomic mass is 9.86. The van der Waals surface area contributed by atoms with Crippen LogP contribution in [-0.2, 0) is 25.5 Å². The molecule has 2 aromatic rings. The average Bonchev–Trinajstić information content (AvgIpc) is 3.33. The second kappa shape index (κ2) is 9.65. The predicted octanol–water partition coefficient (Wildman–Crippen LogP) is 1.61. The van der Waals surface area contributed by atoms with Crippen LogP contribution in [0, 0.1) is 0 Å². The van der Waals surface area contributed by atoms with Crippen molar-refractivity contribution in [3.63, 3.8) is 0 Å². The van der Waals surface area contributed by atoms with Gasteiger partial charge in [0, 0.05) is 18.7 Å². The first-order chi connectivity index (χ1) is 16.8. The van der Waals surface area contributed by atoms with Gasteiger partial charge in [-0.3, -0.25) is 14.4 Å². The number of rotatable bonds is 6. The fourth-order valence-electron chi connectivity index (χ4n) is 4.71. The summed E-state index contributed by atoms with van der Waals surface area (Å²) in [6.45, 7) is 0.490. The first-order valence-corrected chi connectivity index (χ1v) is 11.0. The minimum absolute atomic E-state index is 0.129. The summed E-state index contributed by atoms with van der Waals surface area (Å²) in [6, 6.07) is 9.70. The van der Waals surface area contributed by atoms with Crippen molar-refractivity contribution >= 4 is 23.8 Å². The van der Waals surface area contributed by atoms with E-state index in [-0.39, 0.29) is 36.9 Å². The van der Waals surface area contributed by atoms with Crippen LogP contribution in [0.15, 0.2) is 36.4 Å². The zero-order valence-electron chi connectivity index (χ0n) is 19.9. The molecule has 2 aromatic carbocycles. The maximum Gasteiger partial charge on any atom is 0.338 e. The Bertz CT molecular complexity index is 1190. The highest BCUT2D eigenvalue weighted by atomic mass is 16.5. The van der Waals surface area contributed by atoms with Gasteiger partial charge < -0.3 is 28.7 Å². The monoisotopic (exact) mass is 482 g/mol. The molecule has 0 spiro atoms. The Balaban J connectivity index is 1.70. The van der Waals surface area contributed by atoms with Gasteiger partial charge in [-0.2, -0.15) is 0 Å². The van der Waals surface area contributed by atoms with Gasteiger partial charge in [0.05, 0.1) is 40.4 Å². The van der Waals surface area contributed by atoms with Crippen molar-refractivity contribution in [2.45, 2.75) is 18.5 Å². The number of methoxy groups -OCH3 is 4. The van der Waals surface area contributed by atoms with E-state index in [2.05, 4.69) is 0 Å². The Kier molecular flexibility index (Phi) is 6.63. The molecule has 0 unspecified atom stereocenters. The fourth-order valence-corrected chi connectivity index (χ4v) is 4.71. The number of fused-ring (bicyclic) bond motifs is 2. The quantitative estimate of drug-likeness (QED) is 0.571. The summed E-state index contributed by atoms with van der Waals surface area (Å²) in [4.78, 5) is 55.0. The van der Waals surface area contributed by atoms with Crippen LogP contribution >= 0.6 is 0 Å². The molecule has 2 aliphatic heterocycles. The molecule has 0 N–H and O–H groups in total. The number of carbonyl (C=O) groups excluding carboxylic acids is 4. The zero-order chi connectivity index (χ0) is 25.3. The van der Waals surface area contributed by atoms with Crippen LogP contribution < -0.4 is 9.47 Å². The van der Waals surface area contributed by atoms with Crippen molar-refractivity contribution < 1.29 is 38.1 Å². The van der Waals surface area contributed by atoms with Gasteiger partial charge in [-0.25, -0.2) is 4.79 Å². The molecule has 10 heteroatoms. The van der Waals surface area contributed by atoms with E-state index in [0.717, 1.165) is 0 Å². The number of hydrogen-bond acceptors (Lipinski definition) is 8. The van der Waals surface area contributed by atoms with Crippen LogP contribution in [0.3, 0.4) is 0 Å². The number of benzene rings is 2. The lowest BCUT2D eigenvalue weighted by molar-refractivity contribution is -0.147. The summed E-state index contributed by atoms with van der Waals surface area (Å²) in [6.07, 6.45) is -0.973. The number of esters is 2. The van der Waals surface area contributed by atoms with Crippen molar-refractivity contribution in [3.05, 3.63) is 58.7 Å². The van der Waals surface area contributed by atoms with Gasteiger partial charge in [-0.15, -0.1) is 0 Å². The van der Waals surface area contributed by atoms with Crippen LogP contribution in [0.25, 0.3) is 0 Å². The second-order valence-electron chi connectivity index (χ2n) is 8.14. The molecule has 184 valence electrons. The third-order valence-electron chi connectivity index (χ3n) is 6.44. The van der Waals surface area contributed by atoms with Crippen molar-refractivity contribution in [1.82, 2.24) is 9.80 Å². The summed E-state index contributed by atoms with van der Waals surface area (Å²) in [5, 5.41) is 0. The molecule has 0 saturated carbocycles. The summed E-state index contributed by atoms with van der Waals surface area (Å²) in [7, 11) is 5.49. The molecule has 0 aromatic heterocycles. The largest absolute Gasteiger partial charge is 0.497 e. The smallest absolute Gasteiger partial charge is 0.338 e. The molecule has 4 rings (SSSR count). The molecule has 1 fully saturated rings. The lowest BCUT2D eigenvalue weighted by Crippen LogP contribution is -2.54. The van der Waals surface area contributed by atoms with E-state index in [1.807, 2.05) is 0 Å². The molecule has 1 saturated heterocycles. The molecule has 10 nitrogen and oxygen atoms in total. The van der Waals surface area contributed by atoms with E-state index in [1.54, 1.807) is 30.3 Å². The van der Waals surface area contributed by atoms with Crippen LogP contribution in [0.1, 0.15) is 37.8 Å². The second-order valence-corrected chi connectivity index (χ2v) is 8.14. The average molecular weight is 482 g/mol. The maximum absolute atomic E-state index is 13.5. The zero-order valence-corrected chi connectivity index (χ0v) is 19.9. The third kappa shape index (κ3) is 4.16. The van der Waals surface area contributed by atoms with E-state index in [0.29, 0.717) is 28.2 Å². The van der Waals surface area contributed by atoms with Crippen molar-refractivity contribution in [1.29, 1.82) is 0 Å². The molecule has 35 heavy (non-hydrogen) atoms. The van der Waals surface area contributed by atoms with Gasteiger partial charge in [0.1, 0.15) is 23.6 Å². The number of amides is 2. The summed E-state index contributed by atoms with van der Waals surface area (Å²) >= 11 is 0. The molecule has 2 atom stereocenters. The SMILES string of the molecule is COC(=O)c1cc(OC)ccc1CC(=O)N1CCN2C(=O)c3cc(OC)ccc3[C@H](C(=O)OC)[C@@H]12. The molecule has 2 aliphatic rings. The third-order valence-corrected chi connectivity index (χ3v) is 6.44. The highest BCUT2D eigenvalue weighted by Crippen LogP contribution is 2.40. The summed E-state index contributed by atoms with van der Waals surface area (Å²) in [5.74, 6) is -1.74. The molecule has 0 aliphatic carbocycles. The van der Waals surface area contributed by atoms with Gasteiger partial charge in [0.15, 0.2) is 0 Å². The summed E-state index contributed by atoms with van der Waals surface area (Å²) < 4.78 is 20.4. The van der Waals surface area contributed by atoms with Crippen molar-refractivity contribution in [2.24, 2.45) is 0 Å². The normalized spacial score (nSPS) is 18.5. The predicted molar refractivity (Wildman–Crippen MR) is 122 cm³/mol. The maximum atomic E-state index is 13.5. The molecule has 2 heterocycles. The van der Waals surface area contributed by atoms with Gasteiger partial charge in [0.25, 0.3) is 5.91 Å². The minimum atomic E-state index is -0.888. The fraction of sp³-hybridized carbons (Fsp3) is 0.360. The molecular weight excluding hydrogens is 456 g/mol. The van der Waals surface area contributed by atoms with Crippen molar-refractivity contribution in [2.75, 3.05) is 41.5 Å². The molecule has 0 radical (unpaired) electrons. The highest BCUT2D eigenvalue weighted by molar-refractivity contribution is 6.02. The van der Waals surface area contributed by atoms with Gasteiger partial charge in [-0.05, 0) is 35.4 Å². The lowest BCUT2D eigenvalue weighted by Gasteiger charge is -2.39. The van der Waals surface area contributed by atoms with E-state index >= 15 is 0 Å². The number of carbonyl (C=O) groups is 4. The van der Waals surface area contributed by atoms with Gasteiger partial charge >= 0.3 is 11.9 Å². The highest BCUT2D eigenvalue weighted by Gasteiger charge is 2.51. The Labute approximate surface area is 202 Å². The van der Waals surface area contributed by atoms with Gasteiger partial charge in [0.2, 0.25) is 5.91 Å². The van der Waals surface area contributed by atoms with Crippen LogP contribution in [0.4, 0.5) is 0 Å². The van der Waals surface area contributed by atoms with E-state index < -0.39 is 24.0 Å². The molecule has 2 amide bonds. The Morgan fingerprint density at radius 1 is 0.914 bits per heavy atom. The first-order valence-electron chi connectivity index (χ1n) is 11.0. The Morgan fingerprint density at radius 3 is 2.26 bits per heavy atom. The Hall–Kier alpha value is -4.08.